The average Bonchev–Trinajstić information content (AvgIpc) is 3.24. The predicted molar refractivity (Wildman–Crippen MR) is 85.3 cm³/mol. The van der Waals surface area contributed by atoms with Crippen LogP contribution in [0.5, 0.6) is 0 Å². The molecule has 1 fully saturated rings. The Bertz CT molecular complexity index is 750. The van der Waals surface area contributed by atoms with Crippen LogP contribution >= 0.6 is 12.2 Å². The van der Waals surface area contributed by atoms with Crippen LogP contribution in [0.2, 0.25) is 0 Å². The molecule has 3 rings (SSSR count). The lowest BCUT2D eigenvalue weighted by Gasteiger charge is -2.15. The number of nitrogen functional groups attached to an aromatic ring is 1. The van der Waals surface area contributed by atoms with Crippen molar-refractivity contribution in [3.05, 3.63) is 46.8 Å². The molecule has 102 valence electrons. The minimum absolute atomic E-state index is 0.340. The van der Waals surface area contributed by atoms with Gasteiger partial charge in [0.25, 0.3) is 0 Å². The fourth-order valence-electron chi connectivity index (χ4n) is 2.57. The van der Waals surface area contributed by atoms with Crippen molar-refractivity contribution in [2.45, 2.75) is 18.8 Å². The highest BCUT2D eigenvalue weighted by Gasteiger charge is 2.27. The van der Waals surface area contributed by atoms with E-state index in [2.05, 4.69) is 29.4 Å². The number of nitrogens with one attached hydrogen (secondary N) is 1. The monoisotopic (exact) mass is 284 g/mol. The Labute approximate surface area is 122 Å². The lowest BCUT2D eigenvalue weighted by Crippen LogP contribution is -2.05. The minimum Gasteiger partial charge on any atom is -0.368 e. The van der Waals surface area contributed by atoms with E-state index >= 15 is 0 Å². The zero-order chi connectivity index (χ0) is 14.3. The molecule has 0 radical (unpaired) electrons. The summed E-state index contributed by atoms with van der Waals surface area (Å²) in [5, 5.41) is 6.66. The highest BCUT2D eigenvalue weighted by Crippen LogP contribution is 2.43. The molecule has 0 amide bonds. The van der Waals surface area contributed by atoms with Gasteiger partial charge in [-0.1, -0.05) is 31.4 Å². The molecule has 1 heterocycles. The molecule has 1 aromatic heterocycles. The van der Waals surface area contributed by atoms with Gasteiger partial charge >= 0.3 is 0 Å². The SMILES string of the molecule is C=Cc1c(C2CC2)ccc(-n2c(N)n[nH]c2=S)c1C=C. The molecule has 4 nitrogen and oxygen atoms in total. The molecule has 1 aromatic carbocycles. The van der Waals surface area contributed by atoms with E-state index in [-0.39, 0.29) is 0 Å². The molecule has 0 saturated heterocycles. The van der Waals surface area contributed by atoms with Crippen LogP contribution in [0.3, 0.4) is 0 Å². The van der Waals surface area contributed by atoms with Crippen LogP contribution in [0, 0.1) is 4.77 Å². The Morgan fingerprint density at radius 1 is 1.30 bits per heavy atom. The van der Waals surface area contributed by atoms with Crippen molar-refractivity contribution in [1.29, 1.82) is 0 Å². The first-order valence-corrected chi connectivity index (χ1v) is 6.93. The fraction of sp³-hybridized carbons (Fsp3) is 0.200. The molecule has 0 bridgehead atoms. The molecule has 1 aliphatic carbocycles. The van der Waals surface area contributed by atoms with Crippen LogP contribution in [0.4, 0.5) is 5.95 Å². The molecule has 0 aliphatic heterocycles. The second-order valence-corrected chi connectivity index (χ2v) is 5.29. The van der Waals surface area contributed by atoms with Gasteiger partial charge in [-0.3, -0.25) is 4.57 Å². The van der Waals surface area contributed by atoms with E-state index in [1.54, 1.807) is 4.57 Å². The third-order valence-corrected chi connectivity index (χ3v) is 3.94. The maximum atomic E-state index is 5.89. The second-order valence-electron chi connectivity index (χ2n) is 4.91. The molecule has 1 aliphatic rings. The Balaban J connectivity index is 2.29. The summed E-state index contributed by atoms with van der Waals surface area (Å²) in [5.41, 5.74) is 10.2. The van der Waals surface area contributed by atoms with Crippen molar-refractivity contribution < 1.29 is 0 Å². The Hall–Kier alpha value is -2.14. The largest absolute Gasteiger partial charge is 0.368 e. The van der Waals surface area contributed by atoms with E-state index in [1.165, 1.54) is 18.4 Å². The predicted octanol–water partition coefficient (Wildman–Crippen LogP) is 3.68. The summed E-state index contributed by atoms with van der Waals surface area (Å²) in [6.07, 6.45) is 6.19. The van der Waals surface area contributed by atoms with Crippen LogP contribution in [0.1, 0.15) is 35.4 Å². The van der Waals surface area contributed by atoms with Crippen molar-refractivity contribution in [3.63, 3.8) is 0 Å². The molecular weight excluding hydrogens is 268 g/mol. The van der Waals surface area contributed by atoms with E-state index < -0.39 is 0 Å². The number of hydrogen-bond acceptors (Lipinski definition) is 3. The van der Waals surface area contributed by atoms with Gasteiger partial charge in [-0.2, -0.15) is 0 Å². The van der Waals surface area contributed by atoms with E-state index in [0.717, 1.165) is 16.8 Å². The number of nitrogens with zero attached hydrogens (tertiary/aromatic N) is 2. The standard InChI is InChI=1S/C15H16N4S/c1-3-10-11(4-2)13(8-7-12(10)9-5-6-9)19-14(16)17-18-15(19)20/h3-4,7-9H,1-2,5-6H2,(H2,16,17)(H,18,20). The van der Waals surface area contributed by atoms with Gasteiger partial charge in [0.05, 0.1) is 5.69 Å². The summed E-state index contributed by atoms with van der Waals surface area (Å²) < 4.78 is 2.19. The van der Waals surface area contributed by atoms with Crippen molar-refractivity contribution in [1.82, 2.24) is 14.8 Å². The maximum absolute atomic E-state index is 5.89. The topological polar surface area (TPSA) is 59.6 Å². The van der Waals surface area contributed by atoms with Crippen LogP contribution in [-0.2, 0) is 0 Å². The van der Waals surface area contributed by atoms with Gasteiger partial charge in [-0.05, 0) is 48.2 Å². The number of benzene rings is 1. The highest BCUT2D eigenvalue weighted by atomic mass is 32.1. The summed E-state index contributed by atoms with van der Waals surface area (Å²) in [4.78, 5) is 0. The van der Waals surface area contributed by atoms with Crippen molar-refractivity contribution >= 4 is 30.3 Å². The Kier molecular flexibility index (Phi) is 3.06. The van der Waals surface area contributed by atoms with Gasteiger partial charge in [0.2, 0.25) is 10.7 Å². The number of aromatic nitrogens is 3. The smallest absolute Gasteiger partial charge is 0.225 e. The van der Waals surface area contributed by atoms with Gasteiger partial charge in [0.15, 0.2) is 0 Å². The molecule has 0 unspecified atom stereocenters. The number of hydrogen-bond donors (Lipinski definition) is 2. The average molecular weight is 284 g/mol. The van der Waals surface area contributed by atoms with Gasteiger partial charge < -0.3 is 5.73 Å². The van der Waals surface area contributed by atoms with Gasteiger partial charge in [-0.25, -0.2) is 5.10 Å². The first kappa shape index (κ1) is 12.9. The molecule has 0 spiro atoms. The molecule has 20 heavy (non-hydrogen) atoms. The first-order valence-electron chi connectivity index (χ1n) is 6.52. The molecular formula is C15H16N4S. The van der Waals surface area contributed by atoms with Crippen LogP contribution in [-0.4, -0.2) is 14.8 Å². The third kappa shape index (κ3) is 1.91. The number of H-pyrrole nitrogens is 1. The molecule has 1 saturated carbocycles. The van der Waals surface area contributed by atoms with Crippen molar-refractivity contribution in [3.8, 4) is 5.69 Å². The van der Waals surface area contributed by atoms with E-state index in [4.69, 9.17) is 18.0 Å². The normalized spacial score (nSPS) is 14.2. The summed E-state index contributed by atoms with van der Waals surface area (Å²) in [7, 11) is 0. The van der Waals surface area contributed by atoms with Crippen LogP contribution < -0.4 is 5.73 Å². The number of anilines is 1. The molecule has 3 N–H and O–H groups in total. The quantitative estimate of drug-likeness (QED) is 0.842. The highest BCUT2D eigenvalue weighted by molar-refractivity contribution is 7.71. The van der Waals surface area contributed by atoms with Gasteiger partial charge in [0.1, 0.15) is 0 Å². The number of rotatable bonds is 4. The van der Waals surface area contributed by atoms with Crippen LogP contribution in [0.25, 0.3) is 17.8 Å². The summed E-state index contributed by atoms with van der Waals surface area (Å²) in [6, 6.07) is 4.16. The third-order valence-electron chi connectivity index (χ3n) is 3.66. The first-order chi connectivity index (χ1) is 9.67. The maximum Gasteiger partial charge on any atom is 0.225 e. The second kappa shape index (κ2) is 4.76. The zero-order valence-electron chi connectivity index (χ0n) is 11.1. The lowest BCUT2D eigenvalue weighted by atomic mass is 9.96. The van der Waals surface area contributed by atoms with Gasteiger partial charge in [0, 0.05) is 5.56 Å². The molecule has 2 aromatic rings. The van der Waals surface area contributed by atoms with Gasteiger partial charge in [-0.15, -0.1) is 5.10 Å². The van der Waals surface area contributed by atoms with E-state index in [0.29, 0.717) is 16.6 Å². The molecule has 5 heteroatoms. The van der Waals surface area contributed by atoms with Crippen molar-refractivity contribution in [2.75, 3.05) is 5.73 Å². The summed E-state index contributed by atoms with van der Waals surface area (Å²) in [6.45, 7) is 7.86. The Morgan fingerprint density at radius 2 is 2.00 bits per heavy atom. The van der Waals surface area contributed by atoms with E-state index in [1.807, 2.05) is 18.2 Å². The zero-order valence-corrected chi connectivity index (χ0v) is 11.9. The molecule has 0 atom stereocenters. The lowest BCUT2D eigenvalue weighted by molar-refractivity contribution is 1.02. The summed E-state index contributed by atoms with van der Waals surface area (Å²) >= 11 is 5.24. The van der Waals surface area contributed by atoms with Crippen molar-refractivity contribution in [2.24, 2.45) is 0 Å². The number of nitrogens with two attached hydrogens (primary N) is 1. The minimum atomic E-state index is 0.340. The van der Waals surface area contributed by atoms with Crippen LogP contribution in [0.15, 0.2) is 25.3 Å². The van der Waals surface area contributed by atoms with E-state index in [9.17, 15) is 0 Å². The number of aromatic amines is 1. The Morgan fingerprint density at radius 3 is 2.50 bits per heavy atom. The summed E-state index contributed by atoms with van der Waals surface area (Å²) in [5.74, 6) is 0.984. The fourth-order valence-corrected chi connectivity index (χ4v) is 2.81.